The minimum absolute atomic E-state index is 0.205. The molecule has 0 unspecified atom stereocenters. The van der Waals surface area contributed by atoms with Crippen molar-refractivity contribution < 1.29 is 4.79 Å². The number of rotatable bonds is 2. The maximum absolute atomic E-state index is 10.7. The summed E-state index contributed by atoms with van der Waals surface area (Å²) in [5.74, 6) is -0.205. The van der Waals surface area contributed by atoms with Gasteiger partial charge in [-0.3, -0.25) is 4.79 Å². The Bertz CT molecular complexity index is 438. The van der Waals surface area contributed by atoms with Crippen LogP contribution in [-0.2, 0) is 4.79 Å². The van der Waals surface area contributed by atoms with Crippen LogP contribution in [0, 0.1) is 0 Å². The zero-order valence-corrected chi connectivity index (χ0v) is 10.5. The number of thiocarbonyl (C=S) groups is 1. The van der Waals surface area contributed by atoms with Gasteiger partial charge in [0.25, 0.3) is 0 Å². The molecule has 0 saturated carbocycles. The monoisotopic (exact) mass is 256 g/mol. The number of nitrogens with zero attached hydrogens (tertiary/aromatic N) is 1. The van der Waals surface area contributed by atoms with E-state index in [1.54, 1.807) is 6.08 Å². The summed E-state index contributed by atoms with van der Waals surface area (Å²) in [6.45, 7) is 3.22. The Labute approximate surface area is 103 Å². The van der Waals surface area contributed by atoms with Crippen molar-refractivity contribution in [3.8, 4) is 0 Å². The van der Waals surface area contributed by atoms with Crippen molar-refractivity contribution in [3.05, 3.63) is 16.8 Å². The van der Waals surface area contributed by atoms with E-state index in [4.69, 9.17) is 18.0 Å². The minimum Gasteiger partial charge on any atom is -0.375 e. The van der Waals surface area contributed by atoms with E-state index >= 15 is 0 Å². The topological polar surface area (TPSA) is 80.0 Å². The van der Waals surface area contributed by atoms with Gasteiger partial charge in [0, 0.05) is 18.0 Å². The SMILES string of the molecule is CC(=O)NC(=S)N/C(C)=C/c1csc(N)n1. The molecule has 16 heavy (non-hydrogen) atoms. The van der Waals surface area contributed by atoms with Gasteiger partial charge in [0.1, 0.15) is 0 Å². The van der Waals surface area contributed by atoms with Gasteiger partial charge >= 0.3 is 0 Å². The molecule has 0 aliphatic carbocycles. The number of allylic oxidation sites excluding steroid dienone is 1. The standard InChI is InChI=1S/C9H12N4OS2/c1-5(11-9(15)12-6(2)14)3-7-4-16-8(10)13-7/h3-4H,1-2H3,(H2,10,13)(H2,11,12,14,15)/b5-3+. The molecule has 1 heterocycles. The van der Waals surface area contributed by atoms with Gasteiger partial charge in [-0.2, -0.15) is 0 Å². The van der Waals surface area contributed by atoms with Gasteiger partial charge in [0.05, 0.1) is 5.69 Å². The summed E-state index contributed by atoms with van der Waals surface area (Å²) in [5.41, 5.74) is 7.04. The van der Waals surface area contributed by atoms with Crippen molar-refractivity contribution in [2.45, 2.75) is 13.8 Å². The molecule has 7 heteroatoms. The molecular formula is C9H12N4OS2. The quantitative estimate of drug-likeness (QED) is 0.690. The first-order valence-electron chi connectivity index (χ1n) is 4.45. The minimum atomic E-state index is -0.205. The maximum atomic E-state index is 10.7. The van der Waals surface area contributed by atoms with Crippen LogP contribution in [0.25, 0.3) is 6.08 Å². The van der Waals surface area contributed by atoms with Gasteiger partial charge in [0.15, 0.2) is 10.2 Å². The van der Waals surface area contributed by atoms with Crippen LogP contribution in [-0.4, -0.2) is 16.0 Å². The van der Waals surface area contributed by atoms with Crippen LogP contribution in [0.5, 0.6) is 0 Å². The predicted octanol–water partition coefficient (Wildman–Crippen LogP) is 1.10. The largest absolute Gasteiger partial charge is 0.375 e. The summed E-state index contributed by atoms with van der Waals surface area (Å²) in [6.07, 6.45) is 1.79. The molecule has 86 valence electrons. The molecular weight excluding hydrogens is 244 g/mol. The van der Waals surface area contributed by atoms with Gasteiger partial charge in [-0.15, -0.1) is 11.3 Å². The van der Waals surface area contributed by atoms with Crippen molar-refractivity contribution >= 4 is 45.8 Å². The Morgan fingerprint density at radius 2 is 2.25 bits per heavy atom. The van der Waals surface area contributed by atoms with Crippen LogP contribution in [0.2, 0.25) is 0 Å². The summed E-state index contributed by atoms with van der Waals surface area (Å²) < 4.78 is 0. The van der Waals surface area contributed by atoms with Crippen molar-refractivity contribution in [1.29, 1.82) is 0 Å². The number of thiazole rings is 1. The number of anilines is 1. The van der Waals surface area contributed by atoms with E-state index in [0.29, 0.717) is 5.13 Å². The van der Waals surface area contributed by atoms with Crippen LogP contribution >= 0.6 is 23.6 Å². The number of nitrogens with one attached hydrogen (secondary N) is 2. The van der Waals surface area contributed by atoms with Crippen LogP contribution in [0.3, 0.4) is 0 Å². The van der Waals surface area contributed by atoms with Gasteiger partial charge in [0.2, 0.25) is 5.91 Å². The Kier molecular flexibility index (Phi) is 4.39. The van der Waals surface area contributed by atoms with Crippen molar-refractivity contribution in [2.24, 2.45) is 0 Å². The fourth-order valence-electron chi connectivity index (χ4n) is 0.995. The van der Waals surface area contributed by atoms with E-state index in [0.717, 1.165) is 11.4 Å². The third kappa shape index (κ3) is 4.37. The summed E-state index contributed by atoms with van der Waals surface area (Å²) in [6, 6.07) is 0. The zero-order valence-electron chi connectivity index (χ0n) is 8.90. The summed E-state index contributed by atoms with van der Waals surface area (Å²) in [5, 5.41) is 7.94. The molecule has 0 aliphatic rings. The van der Waals surface area contributed by atoms with Gasteiger partial charge in [-0.1, -0.05) is 0 Å². The first-order chi connectivity index (χ1) is 7.47. The van der Waals surface area contributed by atoms with Crippen LogP contribution in [0.4, 0.5) is 5.13 Å². The number of carbonyl (C=O) groups is 1. The lowest BCUT2D eigenvalue weighted by molar-refractivity contribution is -0.117. The van der Waals surface area contributed by atoms with E-state index in [-0.39, 0.29) is 11.0 Å². The molecule has 4 N–H and O–H groups in total. The maximum Gasteiger partial charge on any atom is 0.222 e. The number of nitrogens with two attached hydrogens (primary N) is 1. The first-order valence-corrected chi connectivity index (χ1v) is 5.74. The number of amides is 1. The van der Waals surface area contributed by atoms with Crippen LogP contribution < -0.4 is 16.4 Å². The molecule has 1 aromatic heterocycles. The highest BCUT2D eigenvalue weighted by atomic mass is 32.1. The highest BCUT2D eigenvalue weighted by Gasteiger charge is 2.00. The number of nitrogen functional groups attached to an aromatic ring is 1. The molecule has 0 atom stereocenters. The average molecular weight is 256 g/mol. The number of hydrogen-bond donors (Lipinski definition) is 3. The Morgan fingerprint density at radius 3 is 2.75 bits per heavy atom. The first kappa shape index (κ1) is 12.6. The number of aromatic nitrogens is 1. The molecule has 0 saturated heterocycles. The molecule has 1 amide bonds. The van der Waals surface area contributed by atoms with Gasteiger partial charge in [-0.05, 0) is 25.2 Å². The average Bonchev–Trinajstić information content (AvgIpc) is 2.48. The molecule has 0 radical (unpaired) electrons. The van der Waals surface area contributed by atoms with E-state index < -0.39 is 0 Å². The number of hydrogen-bond acceptors (Lipinski definition) is 5. The molecule has 0 spiro atoms. The molecule has 0 bridgehead atoms. The third-order valence-electron chi connectivity index (χ3n) is 1.50. The van der Waals surface area contributed by atoms with Gasteiger partial charge in [-0.25, -0.2) is 4.98 Å². The molecule has 0 fully saturated rings. The van der Waals surface area contributed by atoms with Crippen LogP contribution in [0.1, 0.15) is 19.5 Å². The normalized spacial score (nSPS) is 11.0. The van der Waals surface area contributed by atoms with Crippen molar-refractivity contribution in [1.82, 2.24) is 15.6 Å². The fourth-order valence-corrected chi connectivity index (χ4v) is 1.82. The smallest absolute Gasteiger partial charge is 0.222 e. The molecule has 0 aliphatic heterocycles. The molecule has 1 rings (SSSR count). The lowest BCUT2D eigenvalue weighted by Gasteiger charge is -2.07. The highest BCUT2D eigenvalue weighted by Crippen LogP contribution is 2.13. The number of carbonyl (C=O) groups excluding carboxylic acids is 1. The summed E-state index contributed by atoms with van der Waals surface area (Å²) >= 11 is 6.27. The van der Waals surface area contributed by atoms with Crippen molar-refractivity contribution in [3.63, 3.8) is 0 Å². The van der Waals surface area contributed by atoms with E-state index in [9.17, 15) is 4.79 Å². The van der Waals surface area contributed by atoms with E-state index in [1.807, 2.05) is 12.3 Å². The van der Waals surface area contributed by atoms with Crippen molar-refractivity contribution in [2.75, 3.05) is 5.73 Å². The van der Waals surface area contributed by atoms with E-state index in [1.165, 1.54) is 18.3 Å². The summed E-state index contributed by atoms with van der Waals surface area (Å²) in [4.78, 5) is 14.8. The molecule has 5 nitrogen and oxygen atoms in total. The highest BCUT2D eigenvalue weighted by molar-refractivity contribution is 7.80. The molecule has 1 aromatic rings. The van der Waals surface area contributed by atoms with Crippen LogP contribution in [0.15, 0.2) is 11.1 Å². The Balaban J connectivity index is 2.58. The molecule has 0 aromatic carbocycles. The second-order valence-electron chi connectivity index (χ2n) is 3.07. The van der Waals surface area contributed by atoms with Gasteiger partial charge < -0.3 is 16.4 Å². The third-order valence-corrected chi connectivity index (χ3v) is 2.40. The second kappa shape index (κ2) is 5.57. The lowest BCUT2D eigenvalue weighted by atomic mass is 10.4. The zero-order chi connectivity index (χ0) is 12.1. The Hall–Kier alpha value is -1.47. The lowest BCUT2D eigenvalue weighted by Crippen LogP contribution is -2.36. The summed E-state index contributed by atoms with van der Waals surface area (Å²) in [7, 11) is 0. The second-order valence-corrected chi connectivity index (χ2v) is 4.37. The fraction of sp³-hybridized carbons (Fsp3) is 0.222. The van der Waals surface area contributed by atoms with E-state index in [2.05, 4.69) is 15.6 Å². The Morgan fingerprint density at radius 1 is 1.56 bits per heavy atom. The predicted molar refractivity (Wildman–Crippen MR) is 69.7 cm³/mol.